The van der Waals surface area contributed by atoms with Crippen molar-refractivity contribution in [3.8, 4) is 11.5 Å². The first-order valence-electron chi connectivity index (χ1n) is 18.6. The summed E-state index contributed by atoms with van der Waals surface area (Å²) in [6, 6.07) is 9.85. The molecule has 0 saturated carbocycles. The van der Waals surface area contributed by atoms with Gasteiger partial charge in [0.2, 0.25) is 5.91 Å². The number of nitrogen functional groups attached to an aromatic ring is 1. The number of carbonyl (C=O) groups excluding carboxylic acids is 3. The third-order valence-corrected chi connectivity index (χ3v) is 13.5. The number of morpholine rings is 1. The van der Waals surface area contributed by atoms with Crippen LogP contribution in [0, 0.1) is 0 Å². The molecule has 302 valence electrons. The largest absolute Gasteiger partial charge is 0.507 e. The molecule has 0 radical (unpaired) electrons. The van der Waals surface area contributed by atoms with Crippen LogP contribution in [0.25, 0.3) is 0 Å². The number of pyridine rings is 1. The Labute approximate surface area is 335 Å². The fourth-order valence-electron chi connectivity index (χ4n) is 8.43. The smallest absolute Gasteiger partial charge is 0.240 e. The Morgan fingerprint density at radius 2 is 1.93 bits per heavy atom. The Bertz CT molecular complexity index is 2130. The lowest BCUT2D eigenvalue weighted by molar-refractivity contribution is -0.255. The third kappa shape index (κ3) is 7.20. The van der Waals surface area contributed by atoms with Crippen molar-refractivity contribution in [1.82, 2.24) is 15.3 Å². The SMILES string of the molecule is CO[C@H]1OCCN2C3C[C@H](O[C@H]4C[C@](O)(/C(C)=N/NC(=O)CCSSc5ccccn5)Cc5c(O)c6c(c(O)c54)C(=O)c4c(N)cccc4C6=O)O[C@@H](C)[C@H]3O[C@H]12. The number of fused-ring (bicyclic) bond motifs is 6. The summed E-state index contributed by atoms with van der Waals surface area (Å²) < 4.78 is 30.6. The van der Waals surface area contributed by atoms with E-state index in [1.54, 1.807) is 13.3 Å². The van der Waals surface area contributed by atoms with Crippen molar-refractivity contribution in [2.24, 2.45) is 5.10 Å². The van der Waals surface area contributed by atoms with Gasteiger partial charge in [-0.3, -0.25) is 19.3 Å². The van der Waals surface area contributed by atoms with Gasteiger partial charge in [0, 0.05) is 79.7 Å². The third-order valence-electron chi connectivity index (χ3n) is 11.2. The van der Waals surface area contributed by atoms with Gasteiger partial charge in [0.25, 0.3) is 0 Å². The van der Waals surface area contributed by atoms with Crippen LogP contribution >= 0.6 is 21.6 Å². The number of aromatic hydroxyl groups is 2. The van der Waals surface area contributed by atoms with Crippen molar-refractivity contribution >= 4 is 50.5 Å². The minimum absolute atomic E-state index is 0.00978. The second kappa shape index (κ2) is 15.9. The van der Waals surface area contributed by atoms with E-state index in [0.717, 1.165) is 5.03 Å². The Morgan fingerprint density at radius 1 is 1.12 bits per heavy atom. The number of nitrogens with zero attached hydrogens (tertiary/aromatic N) is 3. The minimum atomic E-state index is -1.86. The van der Waals surface area contributed by atoms with E-state index < -0.39 is 70.8 Å². The second-order valence-electron chi connectivity index (χ2n) is 14.6. The summed E-state index contributed by atoms with van der Waals surface area (Å²) in [6.45, 7) is 4.41. The predicted molar refractivity (Wildman–Crippen MR) is 208 cm³/mol. The maximum Gasteiger partial charge on any atom is 0.240 e. The van der Waals surface area contributed by atoms with E-state index in [2.05, 4.69) is 20.4 Å². The maximum atomic E-state index is 14.0. The molecule has 2 aromatic carbocycles. The van der Waals surface area contributed by atoms with E-state index in [4.69, 9.17) is 29.4 Å². The average Bonchev–Trinajstić information content (AvgIpc) is 3.58. The Hall–Kier alpha value is -4.11. The van der Waals surface area contributed by atoms with E-state index in [0.29, 0.717) is 25.3 Å². The molecular weight excluding hydrogens is 779 g/mol. The lowest BCUT2D eigenvalue weighted by Crippen LogP contribution is -2.55. The van der Waals surface area contributed by atoms with Gasteiger partial charge in [-0.25, -0.2) is 10.4 Å². The van der Waals surface area contributed by atoms with Gasteiger partial charge in [0.05, 0.1) is 41.2 Å². The van der Waals surface area contributed by atoms with E-state index in [1.807, 2.05) is 25.1 Å². The molecule has 8 rings (SSSR count). The van der Waals surface area contributed by atoms with E-state index in [1.165, 1.54) is 46.7 Å². The molecule has 16 nitrogen and oxygen atoms in total. The van der Waals surface area contributed by atoms with Crippen LogP contribution in [0.2, 0.25) is 0 Å². The molecule has 1 aromatic heterocycles. The molecule has 3 saturated heterocycles. The number of amides is 1. The molecule has 1 unspecified atom stereocenters. The molecule has 8 atom stereocenters. The van der Waals surface area contributed by atoms with Gasteiger partial charge < -0.3 is 44.7 Å². The number of anilines is 1. The first-order chi connectivity index (χ1) is 27.4. The van der Waals surface area contributed by atoms with Crippen molar-refractivity contribution in [2.45, 2.75) is 93.3 Å². The molecule has 3 aliphatic heterocycles. The van der Waals surface area contributed by atoms with Gasteiger partial charge in [-0.15, -0.1) is 0 Å². The van der Waals surface area contributed by atoms with Crippen molar-refractivity contribution in [1.29, 1.82) is 0 Å². The van der Waals surface area contributed by atoms with Gasteiger partial charge in [-0.2, -0.15) is 5.10 Å². The highest BCUT2D eigenvalue weighted by Gasteiger charge is 2.55. The first kappa shape index (κ1) is 39.7. The molecule has 2 aliphatic carbocycles. The van der Waals surface area contributed by atoms with Gasteiger partial charge in [0.15, 0.2) is 30.4 Å². The number of hydrazone groups is 1. The van der Waals surface area contributed by atoms with Crippen LogP contribution in [-0.4, -0.2) is 117 Å². The fraction of sp³-hybridized carbons (Fsp3) is 0.462. The number of phenols is 2. The number of benzene rings is 2. The maximum absolute atomic E-state index is 14.0. The topological polar surface area (TPSA) is 225 Å². The monoisotopic (exact) mass is 821 g/mol. The molecule has 0 bridgehead atoms. The van der Waals surface area contributed by atoms with Crippen LogP contribution in [0.1, 0.15) is 82.2 Å². The number of aliphatic hydroxyl groups is 1. The molecule has 1 amide bonds. The van der Waals surface area contributed by atoms with Crippen LogP contribution in [0.4, 0.5) is 5.69 Å². The molecule has 18 heteroatoms. The summed E-state index contributed by atoms with van der Waals surface area (Å²) >= 11 is 0. The Kier molecular flexibility index (Phi) is 11.1. The van der Waals surface area contributed by atoms with Gasteiger partial charge >= 0.3 is 0 Å². The number of ketones is 2. The lowest BCUT2D eigenvalue weighted by Gasteiger charge is -2.43. The first-order valence-corrected chi connectivity index (χ1v) is 20.9. The average molecular weight is 822 g/mol. The van der Waals surface area contributed by atoms with Crippen LogP contribution < -0.4 is 11.2 Å². The summed E-state index contributed by atoms with van der Waals surface area (Å²) in [7, 11) is 4.47. The molecule has 57 heavy (non-hydrogen) atoms. The normalized spacial score (nSPS) is 29.5. The summed E-state index contributed by atoms with van der Waals surface area (Å²) in [5.41, 5.74) is 6.06. The molecule has 4 heterocycles. The Morgan fingerprint density at radius 3 is 2.70 bits per heavy atom. The molecule has 3 fully saturated rings. The van der Waals surface area contributed by atoms with E-state index >= 15 is 0 Å². The van der Waals surface area contributed by atoms with E-state index in [-0.39, 0.29) is 71.0 Å². The number of ether oxygens (including phenoxy) is 5. The number of hydrogen-bond acceptors (Lipinski definition) is 17. The number of rotatable bonds is 10. The lowest BCUT2D eigenvalue weighted by atomic mass is 9.71. The highest BCUT2D eigenvalue weighted by molar-refractivity contribution is 8.76. The predicted octanol–water partition coefficient (Wildman–Crippen LogP) is 3.44. The second-order valence-corrected chi connectivity index (χ2v) is 17.1. The quantitative estimate of drug-likeness (QED) is 0.0386. The molecule has 6 N–H and O–H groups in total. The number of hydrogen-bond donors (Lipinski definition) is 5. The highest BCUT2D eigenvalue weighted by Crippen LogP contribution is 2.53. The molecular formula is C39H43N5O11S2. The van der Waals surface area contributed by atoms with Crippen molar-refractivity contribution in [3.63, 3.8) is 0 Å². The number of phenolic OH excluding ortho intramolecular Hbond substituents is 2. The van der Waals surface area contributed by atoms with Crippen LogP contribution in [0.5, 0.6) is 11.5 Å². The number of methoxy groups -OCH3 is 1. The highest BCUT2D eigenvalue weighted by atomic mass is 33.1. The van der Waals surface area contributed by atoms with Crippen LogP contribution in [0.3, 0.4) is 0 Å². The van der Waals surface area contributed by atoms with Gasteiger partial charge in [0.1, 0.15) is 28.2 Å². The zero-order chi connectivity index (χ0) is 40.2. The fourth-order valence-corrected chi connectivity index (χ4v) is 10.3. The number of aromatic nitrogens is 1. The van der Waals surface area contributed by atoms with Crippen LogP contribution in [-0.2, 0) is 34.9 Å². The standard InChI is InChI=1S/C39H43N5O11S2/c1-18-36-23(44-12-13-52-38(51-3)37(44)55-36)15-27(53-18)54-24-17-39(50,19(2)42-43-25(45)10-14-56-57-26-9-4-5-11-41-26)16-21-29(24)35(49)31-30(33(21)47)32(46)20-7-6-8-22(40)28(20)34(31)48/h4-9,11,18,23-24,27,36-38,47,49-50H,10,12-17,40H2,1-3H3,(H,43,45)/b42-19+/t18-,23?,24-,27-,36+,37+,38-,39-/m0/s1. The summed E-state index contributed by atoms with van der Waals surface area (Å²) in [5, 5.41) is 41.3. The molecule has 3 aromatic rings. The van der Waals surface area contributed by atoms with Gasteiger partial charge in [-0.1, -0.05) is 29.0 Å². The van der Waals surface area contributed by atoms with Crippen molar-refractivity contribution in [2.75, 3.05) is 31.7 Å². The molecule has 0 spiro atoms. The van der Waals surface area contributed by atoms with E-state index in [9.17, 15) is 29.7 Å². The molecule has 5 aliphatic rings. The number of nitrogens with one attached hydrogen (secondary N) is 1. The van der Waals surface area contributed by atoms with Crippen molar-refractivity contribution < 1.29 is 53.4 Å². The number of carbonyl (C=O) groups is 3. The van der Waals surface area contributed by atoms with Crippen LogP contribution in [0.15, 0.2) is 52.7 Å². The van der Waals surface area contributed by atoms with Gasteiger partial charge in [-0.05, 0) is 42.8 Å². The Balaban J connectivity index is 1.10. The summed E-state index contributed by atoms with van der Waals surface area (Å²) in [4.78, 5) is 47.2. The zero-order valence-electron chi connectivity index (χ0n) is 31.4. The summed E-state index contributed by atoms with van der Waals surface area (Å²) in [6.07, 6.45) is -2.34. The minimum Gasteiger partial charge on any atom is -0.507 e. The summed E-state index contributed by atoms with van der Waals surface area (Å²) in [5.74, 6) is -2.51. The zero-order valence-corrected chi connectivity index (χ0v) is 33.0. The number of nitrogens with two attached hydrogens (primary N) is 1. The van der Waals surface area contributed by atoms with Crippen molar-refractivity contribution in [3.05, 3.63) is 76.0 Å².